The van der Waals surface area contributed by atoms with Crippen LogP contribution >= 0.6 is 0 Å². The average Bonchev–Trinajstić information content (AvgIpc) is 2.75. The molecule has 1 fully saturated rings. The van der Waals surface area contributed by atoms with Crippen LogP contribution in [0.5, 0.6) is 0 Å². The molecule has 0 bridgehead atoms. The van der Waals surface area contributed by atoms with Crippen molar-refractivity contribution in [3.8, 4) is 0 Å². The summed E-state index contributed by atoms with van der Waals surface area (Å²) in [4.78, 5) is 22.8. The molecule has 1 aliphatic heterocycles. The number of amides is 1. The van der Waals surface area contributed by atoms with Crippen LogP contribution in [0.3, 0.4) is 0 Å². The van der Waals surface area contributed by atoms with Gasteiger partial charge in [0, 0.05) is 19.5 Å². The third-order valence-corrected chi connectivity index (χ3v) is 3.59. The predicted octanol–water partition coefficient (Wildman–Crippen LogP) is 0.993. The van der Waals surface area contributed by atoms with Crippen LogP contribution in [0.25, 0.3) is 0 Å². The summed E-state index contributed by atoms with van der Waals surface area (Å²) in [5, 5.41) is 14.8. The summed E-state index contributed by atoms with van der Waals surface area (Å²) in [5.41, 5.74) is -0.280. The maximum atomic E-state index is 12.2. The van der Waals surface area contributed by atoms with E-state index in [-0.39, 0.29) is 23.7 Å². The van der Waals surface area contributed by atoms with Crippen LogP contribution in [-0.4, -0.2) is 36.6 Å². The molecule has 1 rings (SSSR count). The first kappa shape index (κ1) is 15.0. The molecule has 0 spiro atoms. The van der Waals surface area contributed by atoms with Gasteiger partial charge in [0.2, 0.25) is 5.91 Å². The normalized spacial score (nSPS) is 24.8. The number of aliphatic carboxylic acids is 1. The van der Waals surface area contributed by atoms with Crippen LogP contribution in [0.1, 0.15) is 39.5 Å². The van der Waals surface area contributed by atoms with E-state index in [2.05, 4.69) is 17.6 Å². The molecule has 0 aromatic heterocycles. The standard InChI is InChI=1S/C13H24N2O3/c1-3-4-13(5-6-14-9-13)12(18)15-8-10(2)7-11(16)17/h10,14H,3-9H2,1-2H3,(H,15,18)(H,16,17). The Morgan fingerprint density at radius 1 is 1.50 bits per heavy atom. The highest BCUT2D eigenvalue weighted by molar-refractivity contribution is 5.83. The Hall–Kier alpha value is -1.10. The van der Waals surface area contributed by atoms with Gasteiger partial charge in [-0.25, -0.2) is 0 Å². The largest absolute Gasteiger partial charge is 0.481 e. The second kappa shape index (κ2) is 6.73. The van der Waals surface area contributed by atoms with Gasteiger partial charge in [0.15, 0.2) is 0 Å². The molecule has 0 saturated carbocycles. The van der Waals surface area contributed by atoms with Crippen molar-refractivity contribution in [1.29, 1.82) is 0 Å². The van der Waals surface area contributed by atoms with Crippen LogP contribution < -0.4 is 10.6 Å². The topological polar surface area (TPSA) is 78.4 Å². The number of carbonyl (C=O) groups excluding carboxylic acids is 1. The third kappa shape index (κ3) is 3.98. The summed E-state index contributed by atoms with van der Waals surface area (Å²) in [6.07, 6.45) is 2.85. The molecule has 18 heavy (non-hydrogen) atoms. The first-order chi connectivity index (χ1) is 8.50. The number of hydrogen-bond donors (Lipinski definition) is 3. The van der Waals surface area contributed by atoms with Gasteiger partial charge in [-0.15, -0.1) is 0 Å². The lowest BCUT2D eigenvalue weighted by Gasteiger charge is -2.27. The number of carboxylic acids is 1. The molecule has 5 heteroatoms. The van der Waals surface area contributed by atoms with Crippen molar-refractivity contribution in [3.05, 3.63) is 0 Å². The summed E-state index contributed by atoms with van der Waals surface area (Å²) in [6, 6.07) is 0. The first-order valence-electron chi connectivity index (χ1n) is 6.71. The molecule has 1 saturated heterocycles. The molecule has 1 amide bonds. The van der Waals surface area contributed by atoms with Crippen molar-refractivity contribution >= 4 is 11.9 Å². The molecule has 104 valence electrons. The van der Waals surface area contributed by atoms with Crippen molar-refractivity contribution in [2.75, 3.05) is 19.6 Å². The van der Waals surface area contributed by atoms with E-state index >= 15 is 0 Å². The molecule has 2 atom stereocenters. The van der Waals surface area contributed by atoms with Crippen LogP contribution in [0.2, 0.25) is 0 Å². The summed E-state index contributed by atoms with van der Waals surface area (Å²) in [7, 11) is 0. The van der Waals surface area contributed by atoms with E-state index < -0.39 is 5.97 Å². The molecule has 1 aliphatic rings. The number of carboxylic acid groups (broad SMARTS) is 1. The fourth-order valence-corrected chi connectivity index (χ4v) is 2.57. The van der Waals surface area contributed by atoms with Crippen molar-refractivity contribution in [2.24, 2.45) is 11.3 Å². The lowest BCUT2D eigenvalue weighted by Crippen LogP contribution is -2.44. The van der Waals surface area contributed by atoms with E-state index in [0.717, 1.165) is 32.4 Å². The van der Waals surface area contributed by atoms with Crippen molar-refractivity contribution in [2.45, 2.75) is 39.5 Å². The number of hydrogen-bond acceptors (Lipinski definition) is 3. The van der Waals surface area contributed by atoms with Crippen LogP contribution in [0, 0.1) is 11.3 Å². The van der Waals surface area contributed by atoms with E-state index in [1.165, 1.54) is 0 Å². The van der Waals surface area contributed by atoms with Crippen LogP contribution in [0.15, 0.2) is 0 Å². The first-order valence-corrected chi connectivity index (χ1v) is 6.71. The SMILES string of the molecule is CCCC1(C(=O)NCC(C)CC(=O)O)CCNC1. The lowest BCUT2D eigenvalue weighted by atomic mass is 9.81. The van der Waals surface area contributed by atoms with E-state index in [1.54, 1.807) is 0 Å². The minimum atomic E-state index is -0.817. The van der Waals surface area contributed by atoms with Gasteiger partial charge in [0.25, 0.3) is 0 Å². The molecule has 5 nitrogen and oxygen atoms in total. The maximum Gasteiger partial charge on any atom is 0.303 e. The minimum Gasteiger partial charge on any atom is -0.481 e. The minimum absolute atomic E-state index is 0.0283. The Bertz CT molecular complexity index is 299. The zero-order chi connectivity index (χ0) is 13.6. The Morgan fingerprint density at radius 2 is 2.22 bits per heavy atom. The second-order valence-corrected chi connectivity index (χ2v) is 5.37. The molecule has 0 aromatic rings. The second-order valence-electron chi connectivity index (χ2n) is 5.37. The lowest BCUT2D eigenvalue weighted by molar-refractivity contribution is -0.138. The molecule has 0 aliphatic carbocycles. The summed E-state index contributed by atoms with van der Waals surface area (Å²) >= 11 is 0. The highest BCUT2D eigenvalue weighted by Crippen LogP contribution is 2.31. The van der Waals surface area contributed by atoms with Crippen LogP contribution in [-0.2, 0) is 9.59 Å². The van der Waals surface area contributed by atoms with Gasteiger partial charge < -0.3 is 15.7 Å². The average molecular weight is 256 g/mol. The zero-order valence-electron chi connectivity index (χ0n) is 11.3. The maximum absolute atomic E-state index is 12.2. The molecule has 2 unspecified atom stereocenters. The van der Waals surface area contributed by atoms with Crippen LogP contribution in [0.4, 0.5) is 0 Å². The summed E-state index contributed by atoms with van der Waals surface area (Å²) in [5.74, 6) is -0.770. The number of carbonyl (C=O) groups is 2. The summed E-state index contributed by atoms with van der Waals surface area (Å²) < 4.78 is 0. The van der Waals surface area contributed by atoms with Gasteiger partial charge >= 0.3 is 5.97 Å². The highest BCUT2D eigenvalue weighted by Gasteiger charge is 2.40. The van der Waals surface area contributed by atoms with Gasteiger partial charge in [-0.3, -0.25) is 9.59 Å². The molecule has 3 N–H and O–H groups in total. The predicted molar refractivity (Wildman–Crippen MR) is 69.3 cm³/mol. The van der Waals surface area contributed by atoms with E-state index in [1.807, 2.05) is 6.92 Å². The molecule has 0 radical (unpaired) electrons. The monoisotopic (exact) mass is 256 g/mol. The third-order valence-electron chi connectivity index (χ3n) is 3.59. The Morgan fingerprint density at radius 3 is 2.72 bits per heavy atom. The van der Waals surface area contributed by atoms with E-state index in [9.17, 15) is 9.59 Å². The smallest absolute Gasteiger partial charge is 0.303 e. The fraction of sp³-hybridized carbons (Fsp3) is 0.846. The van der Waals surface area contributed by atoms with E-state index in [4.69, 9.17) is 5.11 Å². The highest BCUT2D eigenvalue weighted by atomic mass is 16.4. The van der Waals surface area contributed by atoms with Crippen molar-refractivity contribution < 1.29 is 14.7 Å². The molecular formula is C13H24N2O3. The fourth-order valence-electron chi connectivity index (χ4n) is 2.57. The Labute approximate surface area is 108 Å². The van der Waals surface area contributed by atoms with Gasteiger partial charge in [0.1, 0.15) is 0 Å². The van der Waals surface area contributed by atoms with Gasteiger partial charge in [-0.2, -0.15) is 0 Å². The molecule has 1 heterocycles. The van der Waals surface area contributed by atoms with Gasteiger partial charge in [-0.1, -0.05) is 20.3 Å². The van der Waals surface area contributed by atoms with Gasteiger partial charge in [-0.05, 0) is 25.3 Å². The molecular weight excluding hydrogens is 232 g/mol. The Kier molecular flexibility index (Phi) is 5.59. The van der Waals surface area contributed by atoms with E-state index in [0.29, 0.717) is 6.54 Å². The number of nitrogens with one attached hydrogen (secondary N) is 2. The molecule has 0 aromatic carbocycles. The Balaban J connectivity index is 2.45. The number of rotatable bonds is 7. The zero-order valence-corrected chi connectivity index (χ0v) is 11.3. The van der Waals surface area contributed by atoms with Gasteiger partial charge in [0.05, 0.1) is 5.41 Å². The van der Waals surface area contributed by atoms with Crippen molar-refractivity contribution in [3.63, 3.8) is 0 Å². The summed E-state index contributed by atoms with van der Waals surface area (Å²) in [6.45, 7) is 5.99. The van der Waals surface area contributed by atoms with Crippen molar-refractivity contribution in [1.82, 2.24) is 10.6 Å². The quantitative estimate of drug-likeness (QED) is 0.635.